The molecule has 4 aromatic rings. The lowest BCUT2D eigenvalue weighted by atomic mass is 10.0. The van der Waals surface area contributed by atoms with Crippen molar-refractivity contribution in [2.24, 2.45) is 0 Å². The number of aryl methyl sites for hydroxylation is 4. The van der Waals surface area contributed by atoms with Crippen LogP contribution in [-0.4, -0.2) is 29.6 Å². The number of rotatable bonds is 6. The van der Waals surface area contributed by atoms with Gasteiger partial charge < -0.3 is 14.3 Å². The second-order valence-corrected chi connectivity index (χ2v) is 9.16. The minimum atomic E-state index is -1.18. The number of ether oxygens (including phenoxy) is 1. The summed E-state index contributed by atoms with van der Waals surface area (Å²) in [5.41, 5.74) is 3.58. The average Bonchev–Trinajstić information content (AvgIpc) is 3.21. The number of aliphatic hydroxyl groups is 1. The fourth-order valence-electron chi connectivity index (χ4n) is 3.75. The normalized spacial score (nSPS) is 11.7. The van der Waals surface area contributed by atoms with E-state index in [4.69, 9.17) is 9.15 Å². The SMILES string of the molecule is Cc1nc(COc2nc(C)n(-c3cc(-c4nc(C(C)(C)O)ncc4C)ccc3C)c(=O)c2C)co1. The van der Waals surface area contributed by atoms with Crippen LogP contribution in [0.3, 0.4) is 0 Å². The molecule has 0 atom stereocenters. The zero-order valence-electron chi connectivity index (χ0n) is 21.0. The van der Waals surface area contributed by atoms with E-state index in [0.29, 0.717) is 40.2 Å². The molecule has 35 heavy (non-hydrogen) atoms. The summed E-state index contributed by atoms with van der Waals surface area (Å²) in [7, 11) is 0. The zero-order valence-corrected chi connectivity index (χ0v) is 21.0. The van der Waals surface area contributed by atoms with Crippen molar-refractivity contribution in [2.75, 3.05) is 0 Å². The van der Waals surface area contributed by atoms with Gasteiger partial charge in [0.1, 0.15) is 30.0 Å². The molecule has 0 saturated carbocycles. The highest BCUT2D eigenvalue weighted by atomic mass is 16.5. The van der Waals surface area contributed by atoms with Crippen molar-refractivity contribution in [3.8, 4) is 22.8 Å². The van der Waals surface area contributed by atoms with Gasteiger partial charge in [0.2, 0.25) is 5.88 Å². The molecule has 0 spiro atoms. The standard InChI is InChI=1S/C26H29N5O4/c1-14-8-9-19(22-15(2)11-27-25(30-22)26(6,7)33)10-21(14)31-17(4)28-23(16(3)24(31)32)35-13-20-12-34-18(5)29-20/h8-12,33H,13H2,1-7H3. The van der Waals surface area contributed by atoms with Crippen molar-refractivity contribution in [1.29, 1.82) is 0 Å². The minimum Gasteiger partial charge on any atom is -0.471 e. The van der Waals surface area contributed by atoms with Gasteiger partial charge in [-0.25, -0.2) is 15.0 Å². The first kappa shape index (κ1) is 24.3. The first-order chi connectivity index (χ1) is 16.5. The molecule has 0 fully saturated rings. The highest BCUT2D eigenvalue weighted by Gasteiger charge is 2.22. The van der Waals surface area contributed by atoms with Crippen molar-refractivity contribution < 1.29 is 14.3 Å². The van der Waals surface area contributed by atoms with Crippen molar-refractivity contribution in [2.45, 2.75) is 60.7 Å². The van der Waals surface area contributed by atoms with E-state index >= 15 is 0 Å². The third-order valence-corrected chi connectivity index (χ3v) is 5.70. The van der Waals surface area contributed by atoms with Crippen LogP contribution in [0, 0.1) is 34.6 Å². The first-order valence-corrected chi connectivity index (χ1v) is 11.3. The number of hydrogen-bond donors (Lipinski definition) is 1. The zero-order chi connectivity index (χ0) is 25.5. The van der Waals surface area contributed by atoms with Crippen LogP contribution in [0.25, 0.3) is 16.9 Å². The average molecular weight is 476 g/mol. The molecule has 0 aliphatic carbocycles. The lowest BCUT2D eigenvalue weighted by Gasteiger charge is -2.19. The number of aromatic nitrogens is 5. The summed E-state index contributed by atoms with van der Waals surface area (Å²) >= 11 is 0. The van der Waals surface area contributed by atoms with E-state index in [2.05, 4.69) is 19.9 Å². The third-order valence-electron chi connectivity index (χ3n) is 5.70. The number of hydrogen-bond acceptors (Lipinski definition) is 8. The van der Waals surface area contributed by atoms with E-state index in [0.717, 1.165) is 16.7 Å². The van der Waals surface area contributed by atoms with E-state index in [-0.39, 0.29) is 18.0 Å². The van der Waals surface area contributed by atoms with Gasteiger partial charge in [-0.3, -0.25) is 9.36 Å². The Morgan fingerprint density at radius 3 is 2.46 bits per heavy atom. The third kappa shape index (κ3) is 4.85. The maximum atomic E-state index is 13.4. The fourth-order valence-corrected chi connectivity index (χ4v) is 3.75. The molecular weight excluding hydrogens is 446 g/mol. The summed E-state index contributed by atoms with van der Waals surface area (Å²) in [5.74, 6) is 1.63. The summed E-state index contributed by atoms with van der Waals surface area (Å²) in [4.78, 5) is 31.1. The van der Waals surface area contributed by atoms with Crippen LogP contribution in [0.2, 0.25) is 0 Å². The van der Waals surface area contributed by atoms with Gasteiger partial charge >= 0.3 is 0 Å². The Hall–Kier alpha value is -3.85. The van der Waals surface area contributed by atoms with E-state index in [9.17, 15) is 9.90 Å². The Labute approximate surface area is 203 Å². The van der Waals surface area contributed by atoms with Crippen LogP contribution < -0.4 is 10.3 Å². The molecule has 0 bridgehead atoms. The van der Waals surface area contributed by atoms with Gasteiger partial charge in [-0.15, -0.1) is 0 Å². The Morgan fingerprint density at radius 2 is 1.80 bits per heavy atom. The predicted molar refractivity (Wildman–Crippen MR) is 131 cm³/mol. The van der Waals surface area contributed by atoms with Crippen molar-refractivity contribution >= 4 is 0 Å². The lowest BCUT2D eigenvalue weighted by molar-refractivity contribution is 0.0688. The summed E-state index contributed by atoms with van der Waals surface area (Å²) in [5, 5.41) is 10.4. The molecule has 0 amide bonds. The quantitative estimate of drug-likeness (QED) is 0.444. The summed E-state index contributed by atoms with van der Waals surface area (Å²) in [6.07, 6.45) is 3.22. The van der Waals surface area contributed by atoms with Gasteiger partial charge in [0.05, 0.1) is 16.9 Å². The van der Waals surface area contributed by atoms with Gasteiger partial charge in [-0.2, -0.15) is 4.98 Å². The molecule has 3 heterocycles. The van der Waals surface area contributed by atoms with Crippen LogP contribution in [0.5, 0.6) is 5.88 Å². The maximum absolute atomic E-state index is 13.4. The van der Waals surface area contributed by atoms with Gasteiger partial charge in [0, 0.05) is 18.7 Å². The molecule has 0 aliphatic rings. The van der Waals surface area contributed by atoms with Gasteiger partial charge in [0.15, 0.2) is 11.7 Å². The number of oxazole rings is 1. The van der Waals surface area contributed by atoms with Crippen molar-refractivity contribution in [1.82, 2.24) is 24.5 Å². The van der Waals surface area contributed by atoms with E-state index < -0.39 is 5.60 Å². The van der Waals surface area contributed by atoms with Gasteiger partial charge in [-0.05, 0) is 58.7 Å². The molecule has 0 unspecified atom stereocenters. The molecule has 9 heteroatoms. The van der Waals surface area contributed by atoms with E-state index in [1.165, 1.54) is 6.26 Å². The Kier molecular flexibility index (Phi) is 6.29. The molecule has 0 saturated heterocycles. The largest absolute Gasteiger partial charge is 0.471 e. The molecule has 4 rings (SSSR count). The Balaban J connectivity index is 1.76. The molecule has 9 nitrogen and oxygen atoms in total. The Bertz CT molecular complexity index is 1460. The number of benzene rings is 1. The van der Waals surface area contributed by atoms with Crippen LogP contribution in [0.15, 0.2) is 39.9 Å². The highest BCUT2D eigenvalue weighted by molar-refractivity contribution is 5.67. The van der Waals surface area contributed by atoms with Crippen molar-refractivity contribution in [3.63, 3.8) is 0 Å². The molecule has 0 radical (unpaired) electrons. The number of nitrogens with zero attached hydrogens (tertiary/aromatic N) is 5. The first-order valence-electron chi connectivity index (χ1n) is 11.3. The summed E-state index contributed by atoms with van der Waals surface area (Å²) in [6, 6.07) is 5.79. The highest BCUT2D eigenvalue weighted by Crippen LogP contribution is 2.28. The molecule has 182 valence electrons. The van der Waals surface area contributed by atoms with Crippen molar-refractivity contribution in [3.05, 3.63) is 80.9 Å². The topological polar surface area (TPSA) is 116 Å². The molecule has 3 aromatic heterocycles. The van der Waals surface area contributed by atoms with Gasteiger partial charge in [-0.1, -0.05) is 12.1 Å². The monoisotopic (exact) mass is 475 g/mol. The molecule has 0 aliphatic heterocycles. The van der Waals surface area contributed by atoms with Crippen LogP contribution in [0.4, 0.5) is 0 Å². The predicted octanol–water partition coefficient (Wildman–Crippen LogP) is 4.03. The maximum Gasteiger partial charge on any atom is 0.264 e. The Morgan fingerprint density at radius 1 is 1.06 bits per heavy atom. The van der Waals surface area contributed by atoms with Crippen LogP contribution in [0.1, 0.15) is 53.8 Å². The molecule has 1 aromatic carbocycles. The second-order valence-electron chi connectivity index (χ2n) is 9.16. The van der Waals surface area contributed by atoms with Crippen LogP contribution >= 0.6 is 0 Å². The second kappa shape index (κ2) is 9.07. The van der Waals surface area contributed by atoms with E-state index in [1.807, 2.05) is 32.0 Å². The minimum absolute atomic E-state index is 0.152. The smallest absolute Gasteiger partial charge is 0.264 e. The summed E-state index contributed by atoms with van der Waals surface area (Å²) in [6.45, 7) is 12.5. The van der Waals surface area contributed by atoms with Crippen LogP contribution in [-0.2, 0) is 12.2 Å². The lowest BCUT2D eigenvalue weighted by Crippen LogP contribution is -2.26. The van der Waals surface area contributed by atoms with E-state index in [1.54, 1.807) is 45.4 Å². The summed E-state index contributed by atoms with van der Waals surface area (Å²) < 4.78 is 12.6. The molecule has 1 N–H and O–H groups in total. The molecular formula is C26H29N5O4. The fraction of sp³-hybridized carbons (Fsp3) is 0.346. The van der Waals surface area contributed by atoms with Gasteiger partial charge in [0.25, 0.3) is 5.56 Å².